The van der Waals surface area contributed by atoms with Gasteiger partial charge in [0, 0.05) is 18.1 Å². The Morgan fingerprint density at radius 2 is 1.82 bits per heavy atom. The Balaban J connectivity index is 1.62. The molecule has 3 aromatic carbocycles. The molecule has 1 saturated carbocycles. The maximum Gasteiger partial charge on any atom is 0.241 e. The van der Waals surface area contributed by atoms with Crippen molar-refractivity contribution in [3.63, 3.8) is 0 Å². The summed E-state index contributed by atoms with van der Waals surface area (Å²) in [6.07, 6.45) is 4.02. The first-order valence-corrected chi connectivity index (χ1v) is 12.9. The van der Waals surface area contributed by atoms with Crippen LogP contribution >= 0.6 is 0 Å². The van der Waals surface area contributed by atoms with Crippen molar-refractivity contribution in [2.45, 2.75) is 44.6 Å². The Bertz CT molecular complexity index is 1420. The molecule has 4 aromatic rings. The number of fused-ring (bicyclic) bond motifs is 1. The lowest BCUT2D eigenvalue weighted by Crippen LogP contribution is -2.16. The zero-order chi connectivity index (χ0) is 23.0. The van der Waals surface area contributed by atoms with Gasteiger partial charge in [0.15, 0.2) is 0 Å². The number of aromatic nitrogens is 1. The number of nitrogens with zero attached hydrogens (tertiary/aromatic N) is 1. The van der Waals surface area contributed by atoms with Gasteiger partial charge in [-0.25, -0.2) is 12.4 Å². The molecule has 0 amide bonds. The molecule has 1 heterocycles. The van der Waals surface area contributed by atoms with E-state index in [1.165, 1.54) is 3.97 Å². The van der Waals surface area contributed by atoms with Crippen molar-refractivity contribution in [3.8, 4) is 16.9 Å². The zero-order valence-corrected chi connectivity index (χ0v) is 19.5. The number of para-hydroxylation sites is 1. The van der Waals surface area contributed by atoms with Crippen LogP contribution < -0.4 is 10.5 Å². The van der Waals surface area contributed by atoms with Gasteiger partial charge in [0.2, 0.25) is 10.0 Å². The molecule has 0 spiro atoms. The second kappa shape index (κ2) is 8.69. The van der Waals surface area contributed by atoms with Gasteiger partial charge in [-0.15, -0.1) is 0 Å². The van der Waals surface area contributed by atoms with Gasteiger partial charge in [0.25, 0.3) is 0 Å². The molecule has 0 saturated heterocycles. The fraction of sp³-hybridized carbons (Fsp3) is 0.259. The van der Waals surface area contributed by atoms with Crippen molar-refractivity contribution in [1.82, 2.24) is 3.97 Å². The Morgan fingerprint density at radius 1 is 1.00 bits per heavy atom. The first kappa shape index (κ1) is 21.7. The number of hydrogen-bond acceptors (Lipinski definition) is 4. The molecule has 1 aromatic heterocycles. The van der Waals surface area contributed by atoms with Gasteiger partial charge in [-0.3, -0.25) is 0 Å². The lowest BCUT2D eigenvalue weighted by atomic mass is 9.97. The summed E-state index contributed by atoms with van der Waals surface area (Å²) in [5.74, 6) is 0.854. The molecule has 33 heavy (non-hydrogen) atoms. The highest BCUT2D eigenvalue weighted by Crippen LogP contribution is 2.36. The van der Waals surface area contributed by atoms with Crippen LogP contribution in [0.4, 0.5) is 0 Å². The van der Waals surface area contributed by atoms with Gasteiger partial charge in [-0.1, -0.05) is 43.3 Å². The smallest absolute Gasteiger partial charge is 0.241 e. The average Bonchev–Trinajstić information content (AvgIpc) is 3.62. The molecule has 0 radical (unpaired) electrons. The maximum absolute atomic E-state index is 13.1. The van der Waals surface area contributed by atoms with Crippen LogP contribution in [-0.4, -0.2) is 17.6 Å². The average molecular weight is 461 g/mol. The molecule has 0 bridgehead atoms. The molecule has 0 aliphatic heterocycles. The van der Waals surface area contributed by atoms with E-state index < -0.39 is 10.0 Å². The van der Waals surface area contributed by atoms with Crippen molar-refractivity contribution < 1.29 is 13.2 Å². The van der Waals surface area contributed by atoms with Crippen LogP contribution in [0.5, 0.6) is 5.75 Å². The summed E-state index contributed by atoms with van der Waals surface area (Å²) in [7, 11) is -3.40. The van der Waals surface area contributed by atoms with Gasteiger partial charge in [-0.2, -0.15) is 0 Å². The minimum atomic E-state index is -3.40. The summed E-state index contributed by atoms with van der Waals surface area (Å²) < 4.78 is 33.9. The first-order chi connectivity index (χ1) is 16.0. The molecular weight excluding hydrogens is 432 g/mol. The SMILES string of the molecule is CCc1ccccc1OCc1cc(-c2cccc(CN)c2)c2ccn(S(=O)(=O)C3CC3)c2c1. The van der Waals surface area contributed by atoms with Gasteiger partial charge in [0.05, 0.1) is 10.8 Å². The molecular formula is C27H28N2O3S. The van der Waals surface area contributed by atoms with Crippen molar-refractivity contribution in [3.05, 3.63) is 89.6 Å². The molecule has 1 fully saturated rings. The molecule has 1 aliphatic carbocycles. The molecule has 0 atom stereocenters. The third-order valence-electron chi connectivity index (χ3n) is 6.27. The summed E-state index contributed by atoms with van der Waals surface area (Å²) in [4.78, 5) is 0. The summed E-state index contributed by atoms with van der Waals surface area (Å²) in [6, 6.07) is 22.1. The van der Waals surface area contributed by atoms with E-state index in [4.69, 9.17) is 10.5 Å². The minimum Gasteiger partial charge on any atom is -0.489 e. The molecule has 2 N–H and O–H groups in total. The van der Waals surface area contributed by atoms with Crippen LogP contribution in [0.3, 0.4) is 0 Å². The number of hydrogen-bond donors (Lipinski definition) is 1. The molecule has 1 aliphatic rings. The van der Waals surface area contributed by atoms with Crippen molar-refractivity contribution in [1.29, 1.82) is 0 Å². The van der Waals surface area contributed by atoms with Crippen molar-refractivity contribution >= 4 is 20.9 Å². The van der Waals surface area contributed by atoms with E-state index in [0.29, 0.717) is 18.7 Å². The molecule has 6 heteroatoms. The van der Waals surface area contributed by atoms with E-state index in [9.17, 15) is 8.42 Å². The highest BCUT2D eigenvalue weighted by atomic mass is 32.2. The summed E-state index contributed by atoms with van der Waals surface area (Å²) in [5.41, 5.74) is 11.7. The van der Waals surface area contributed by atoms with Crippen LogP contribution in [0.25, 0.3) is 22.0 Å². The van der Waals surface area contributed by atoms with Gasteiger partial charge in [-0.05, 0) is 77.4 Å². The lowest BCUT2D eigenvalue weighted by Gasteiger charge is -2.14. The fourth-order valence-electron chi connectivity index (χ4n) is 4.31. The van der Waals surface area contributed by atoms with Crippen molar-refractivity contribution in [2.24, 2.45) is 5.73 Å². The Hall–Kier alpha value is -3.09. The van der Waals surface area contributed by atoms with Crippen LogP contribution in [-0.2, 0) is 29.6 Å². The zero-order valence-electron chi connectivity index (χ0n) is 18.7. The quantitative estimate of drug-likeness (QED) is 0.390. The topological polar surface area (TPSA) is 74.3 Å². The predicted molar refractivity (Wildman–Crippen MR) is 133 cm³/mol. The lowest BCUT2D eigenvalue weighted by molar-refractivity contribution is 0.303. The second-order valence-electron chi connectivity index (χ2n) is 8.59. The van der Waals surface area contributed by atoms with E-state index in [2.05, 4.69) is 25.1 Å². The number of ether oxygens (including phenoxy) is 1. The molecule has 5 rings (SSSR count). The second-order valence-corrected chi connectivity index (χ2v) is 10.7. The minimum absolute atomic E-state index is 0.284. The number of nitrogens with two attached hydrogens (primary N) is 1. The van der Waals surface area contributed by atoms with E-state index >= 15 is 0 Å². The highest BCUT2D eigenvalue weighted by Gasteiger charge is 2.37. The third-order valence-corrected chi connectivity index (χ3v) is 8.45. The van der Waals surface area contributed by atoms with Gasteiger partial charge >= 0.3 is 0 Å². The van der Waals surface area contributed by atoms with E-state index in [1.807, 2.05) is 48.5 Å². The van der Waals surface area contributed by atoms with E-state index in [0.717, 1.165) is 58.2 Å². The van der Waals surface area contributed by atoms with E-state index in [-0.39, 0.29) is 5.25 Å². The summed E-state index contributed by atoms with van der Waals surface area (Å²) in [5, 5.41) is 0.625. The Labute approximate surface area is 194 Å². The maximum atomic E-state index is 13.1. The molecule has 5 nitrogen and oxygen atoms in total. The van der Waals surface area contributed by atoms with Crippen LogP contribution in [0, 0.1) is 0 Å². The first-order valence-electron chi connectivity index (χ1n) is 11.4. The van der Waals surface area contributed by atoms with Crippen LogP contribution in [0.2, 0.25) is 0 Å². The summed E-state index contributed by atoms with van der Waals surface area (Å²) in [6.45, 7) is 2.91. The Kier molecular flexibility index (Phi) is 5.72. The third kappa shape index (κ3) is 4.16. The standard InChI is InChI=1S/C27H28N2O3S/c1-2-21-7-3-4-9-27(21)32-18-20-15-25(22-8-5-6-19(14-22)17-28)24-12-13-29(26(24)16-20)33(30,31)23-10-11-23/h3-9,12-16,23H,2,10-11,17-18,28H2,1H3. The largest absolute Gasteiger partial charge is 0.489 e. The van der Waals surface area contributed by atoms with Crippen molar-refractivity contribution in [2.75, 3.05) is 0 Å². The summed E-state index contributed by atoms with van der Waals surface area (Å²) >= 11 is 0. The normalized spacial score (nSPS) is 14.0. The number of aryl methyl sites for hydroxylation is 1. The highest BCUT2D eigenvalue weighted by molar-refractivity contribution is 7.91. The van der Waals surface area contributed by atoms with Crippen LogP contribution in [0.15, 0.2) is 72.9 Å². The Morgan fingerprint density at radius 3 is 2.58 bits per heavy atom. The van der Waals surface area contributed by atoms with Gasteiger partial charge in [0.1, 0.15) is 12.4 Å². The van der Waals surface area contributed by atoms with Crippen LogP contribution in [0.1, 0.15) is 36.5 Å². The fourth-order valence-corrected chi connectivity index (χ4v) is 6.02. The number of benzene rings is 3. The van der Waals surface area contributed by atoms with E-state index in [1.54, 1.807) is 6.20 Å². The monoisotopic (exact) mass is 460 g/mol. The van der Waals surface area contributed by atoms with Gasteiger partial charge < -0.3 is 10.5 Å². The predicted octanol–water partition coefficient (Wildman–Crippen LogP) is 5.25. The molecule has 0 unspecified atom stereocenters. The number of rotatable bonds is 8. The molecule has 170 valence electrons.